The fraction of sp³-hybridized carbons (Fsp3) is 0. The van der Waals surface area contributed by atoms with E-state index in [1.807, 2.05) is 45.9 Å². The minimum Gasteiger partial charge on any atom is -0.423 e. The maximum Gasteiger partial charge on any atom is 0.343 e. The van der Waals surface area contributed by atoms with Crippen LogP contribution in [-0.4, -0.2) is 24.5 Å². The predicted molar refractivity (Wildman–Crippen MR) is 190 cm³/mol. The number of ether oxygens (including phenoxy) is 2. The highest BCUT2D eigenvalue weighted by Gasteiger charge is 2.19. The van der Waals surface area contributed by atoms with Crippen LogP contribution in [-0.2, 0) is 0 Å². The number of hydrogen-bond donors (Lipinski definition) is 0. The van der Waals surface area contributed by atoms with Crippen molar-refractivity contribution in [2.45, 2.75) is 0 Å². The molecule has 0 radical (unpaired) electrons. The lowest BCUT2D eigenvalue weighted by Crippen LogP contribution is -2.18. The average molecular weight is 677 g/mol. The first-order valence-corrected chi connectivity index (χ1v) is 17.3. The van der Waals surface area contributed by atoms with E-state index >= 15 is 0 Å². The van der Waals surface area contributed by atoms with Crippen molar-refractivity contribution in [3.63, 3.8) is 0 Å². The second-order valence-electron chi connectivity index (χ2n) is 10.0. The summed E-state index contributed by atoms with van der Waals surface area (Å²) in [5.74, 6) is -0.255. The Morgan fingerprint density at radius 2 is 0.848 bits per heavy atom. The fourth-order valence-electron chi connectivity index (χ4n) is 5.13. The number of esters is 2. The van der Waals surface area contributed by atoms with E-state index in [1.165, 1.54) is 0 Å². The van der Waals surface area contributed by atoms with Crippen LogP contribution in [0.3, 0.4) is 0 Å². The van der Waals surface area contributed by atoms with Crippen LogP contribution in [0.5, 0.6) is 11.5 Å². The monoisotopic (exact) mass is 676 g/mol. The number of carbonyl (C=O) groups excluding carboxylic acids is 4. The molecule has 6 nitrogen and oxygen atoms in total. The molecule has 10 heteroatoms. The molecule has 0 saturated carbocycles. The van der Waals surface area contributed by atoms with Crippen LogP contribution >= 0.6 is 47.0 Å². The van der Waals surface area contributed by atoms with Gasteiger partial charge in [0.2, 0.25) is 0 Å². The molecule has 0 spiro atoms. The standard InChI is InChI=1S/C36H20O6S4/c37-19-21-1-5-23(6-2-21)33(39)41-25-9-11-27-29(17-25)31(35-43-13-14-44-35)28-12-10-26(18-30(28)32(27)36-45-15-16-46-36)42-34(40)24-7-3-22(20-38)4-8-24/h1-20H. The lowest BCUT2D eigenvalue weighted by Gasteiger charge is -2.14. The number of carbonyl (C=O) groups is 4. The minimum atomic E-state index is -0.522. The molecule has 224 valence electrons. The molecule has 0 atom stereocenters. The number of fused-ring (bicyclic) bond motifs is 2. The Morgan fingerprint density at radius 1 is 0.478 bits per heavy atom. The van der Waals surface area contributed by atoms with E-state index in [2.05, 4.69) is 0 Å². The molecule has 46 heavy (non-hydrogen) atoms. The van der Waals surface area contributed by atoms with E-state index in [0.717, 1.165) is 53.0 Å². The summed E-state index contributed by atoms with van der Waals surface area (Å²) in [5.41, 5.74) is 1.63. The molecule has 2 aliphatic rings. The summed E-state index contributed by atoms with van der Waals surface area (Å²) in [6.45, 7) is 0. The van der Waals surface area contributed by atoms with E-state index in [0.29, 0.717) is 33.8 Å². The second-order valence-corrected chi connectivity index (χ2v) is 14.2. The number of thioether (sulfide) groups is 4. The maximum atomic E-state index is 13.0. The number of benzene rings is 5. The molecule has 7 rings (SSSR count). The molecule has 5 aromatic carbocycles. The van der Waals surface area contributed by atoms with E-state index < -0.39 is 11.9 Å². The summed E-state index contributed by atoms with van der Waals surface area (Å²) in [4.78, 5) is 48.1. The van der Waals surface area contributed by atoms with Crippen LogP contribution in [0, 0.1) is 0 Å². The summed E-state index contributed by atoms with van der Waals surface area (Å²) in [6, 6.07) is 23.9. The molecule has 0 saturated heterocycles. The van der Waals surface area contributed by atoms with Crippen molar-refractivity contribution in [2.24, 2.45) is 0 Å². The molecule has 0 aromatic heterocycles. The Balaban J connectivity index is 1.38. The molecular weight excluding hydrogens is 657 g/mol. The summed E-state index contributed by atoms with van der Waals surface area (Å²) >= 11 is 6.49. The summed E-state index contributed by atoms with van der Waals surface area (Å²) in [6.07, 6.45) is 1.45. The first-order valence-electron chi connectivity index (χ1n) is 13.8. The van der Waals surface area contributed by atoms with Crippen LogP contribution in [0.25, 0.3) is 30.0 Å². The van der Waals surface area contributed by atoms with Gasteiger partial charge in [0.1, 0.15) is 24.1 Å². The van der Waals surface area contributed by atoms with Crippen LogP contribution in [0.15, 0.2) is 107 Å². The van der Waals surface area contributed by atoms with Crippen molar-refractivity contribution in [1.82, 2.24) is 0 Å². The Labute approximate surface area is 279 Å². The van der Waals surface area contributed by atoms with Gasteiger partial charge >= 0.3 is 11.9 Å². The zero-order chi connectivity index (χ0) is 31.6. The van der Waals surface area contributed by atoms with Crippen LogP contribution in [0.2, 0.25) is 0 Å². The van der Waals surface area contributed by atoms with Crippen LogP contribution in [0.4, 0.5) is 0 Å². The van der Waals surface area contributed by atoms with Gasteiger partial charge < -0.3 is 9.47 Å². The number of aldehydes is 2. The first-order chi connectivity index (χ1) is 22.5. The normalized spacial score (nSPS) is 13.8. The SMILES string of the molecule is O=Cc1ccc(C(=O)Oc2ccc3c(=C4SC=CS4)c4cc(OC(=O)c5ccc(C=O)cc5)ccc4c(=C4SC=CS4)c3c2)cc1. The highest BCUT2D eigenvalue weighted by Crippen LogP contribution is 2.41. The number of rotatable bonds is 6. The van der Waals surface area contributed by atoms with Gasteiger partial charge in [-0.2, -0.15) is 0 Å². The highest BCUT2D eigenvalue weighted by atomic mass is 32.2. The summed E-state index contributed by atoms with van der Waals surface area (Å²) < 4.78 is 13.8. The van der Waals surface area contributed by atoms with Gasteiger partial charge in [-0.1, -0.05) is 71.3 Å². The third kappa shape index (κ3) is 5.92. The third-order valence-electron chi connectivity index (χ3n) is 7.27. The Bertz CT molecular complexity index is 2090. The fourth-order valence-corrected chi connectivity index (χ4v) is 8.98. The van der Waals surface area contributed by atoms with Gasteiger partial charge in [0.15, 0.2) is 0 Å². The van der Waals surface area contributed by atoms with E-state index in [1.54, 1.807) is 108 Å². The Morgan fingerprint density at radius 3 is 1.20 bits per heavy atom. The molecule has 2 aliphatic heterocycles. The lowest BCUT2D eigenvalue weighted by atomic mass is 9.98. The molecule has 0 N–H and O–H groups in total. The van der Waals surface area contributed by atoms with Gasteiger partial charge in [0.05, 0.1) is 19.6 Å². The van der Waals surface area contributed by atoms with Gasteiger partial charge in [-0.25, -0.2) is 9.59 Å². The van der Waals surface area contributed by atoms with Crippen LogP contribution in [0.1, 0.15) is 41.4 Å². The van der Waals surface area contributed by atoms with Crippen molar-refractivity contribution in [1.29, 1.82) is 0 Å². The Kier molecular flexibility index (Phi) is 8.59. The maximum absolute atomic E-state index is 13.0. The smallest absolute Gasteiger partial charge is 0.343 e. The molecule has 0 unspecified atom stereocenters. The zero-order valence-electron chi connectivity index (χ0n) is 23.6. The van der Waals surface area contributed by atoms with Crippen molar-refractivity contribution in [3.05, 3.63) is 139 Å². The highest BCUT2D eigenvalue weighted by molar-refractivity contribution is 8.35. The van der Waals surface area contributed by atoms with Crippen molar-refractivity contribution in [2.75, 3.05) is 0 Å². The molecular formula is C36H20O6S4. The summed E-state index contributed by atoms with van der Waals surface area (Å²) in [5, 5.41) is 13.9. The largest absolute Gasteiger partial charge is 0.423 e. The molecule has 0 aliphatic carbocycles. The van der Waals surface area contributed by atoms with Gasteiger partial charge in [0.25, 0.3) is 0 Å². The van der Waals surface area contributed by atoms with Gasteiger partial charge in [0, 0.05) is 21.6 Å². The summed E-state index contributed by atoms with van der Waals surface area (Å²) in [7, 11) is 0. The topological polar surface area (TPSA) is 86.7 Å². The van der Waals surface area contributed by atoms with E-state index in [4.69, 9.17) is 9.47 Å². The average Bonchev–Trinajstić information content (AvgIpc) is 3.83. The third-order valence-corrected chi connectivity index (χ3v) is 11.5. The predicted octanol–water partition coefficient (Wildman–Crippen LogP) is 8.09. The van der Waals surface area contributed by atoms with Crippen LogP contribution < -0.4 is 19.9 Å². The molecule has 0 fully saturated rings. The van der Waals surface area contributed by atoms with Gasteiger partial charge in [-0.15, -0.1) is 0 Å². The quantitative estimate of drug-likeness (QED) is 0.0761. The molecule has 2 heterocycles. The van der Waals surface area contributed by atoms with E-state index in [-0.39, 0.29) is 0 Å². The van der Waals surface area contributed by atoms with Crippen molar-refractivity contribution < 1.29 is 28.7 Å². The van der Waals surface area contributed by atoms with Gasteiger partial charge in [-0.05, 0) is 104 Å². The van der Waals surface area contributed by atoms with E-state index in [9.17, 15) is 19.2 Å². The molecule has 5 aromatic rings. The molecule has 0 bridgehead atoms. The minimum absolute atomic E-state index is 0.341. The molecule has 0 amide bonds. The first kappa shape index (κ1) is 30.2. The van der Waals surface area contributed by atoms with Gasteiger partial charge in [-0.3, -0.25) is 9.59 Å². The zero-order valence-corrected chi connectivity index (χ0v) is 26.9. The second kappa shape index (κ2) is 13.1. The Hall–Kier alpha value is -4.48. The van der Waals surface area contributed by atoms with Crippen molar-refractivity contribution in [3.8, 4) is 11.5 Å². The van der Waals surface area contributed by atoms with Crippen molar-refractivity contribution >= 4 is 102 Å². The number of hydrogen-bond acceptors (Lipinski definition) is 10. The lowest BCUT2D eigenvalue weighted by molar-refractivity contribution is 0.0725.